The van der Waals surface area contributed by atoms with Gasteiger partial charge in [0.2, 0.25) is 0 Å². The highest BCUT2D eigenvalue weighted by Crippen LogP contribution is 2.61. The standard InChI is InChI=1S/C16H26O/c1-2-3-4-15(17)11-16-8-12-5-13(9-16)7-14(6-12)10-16/h12-14H,2-11H2,1H3. The Morgan fingerprint density at radius 1 is 1.06 bits per heavy atom. The van der Waals surface area contributed by atoms with Crippen molar-refractivity contribution in [3.8, 4) is 0 Å². The molecule has 0 aromatic heterocycles. The van der Waals surface area contributed by atoms with E-state index in [4.69, 9.17) is 0 Å². The van der Waals surface area contributed by atoms with Gasteiger partial charge in [-0.05, 0) is 68.1 Å². The molecule has 4 fully saturated rings. The van der Waals surface area contributed by atoms with Crippen molar-refractivity contribution in [2.24, 2.45) is 23.2 Å². The molecule has 0 aliphatic heterocycles. The molecule has 4 saturated carbocycles. The highest BCUT2D eigenvalue weighted by atomic mass is 16.1. The summed E-state index contributed by atoms with van der Waals surface area (Å²) in [6.07, 6.45) is 12.7. The highest BCUT2D eigenvalue weighted by Gasteiger charge is 2.51. The summed E-state index contributed by atoms with van der Waals surface area (Å²) in [5.41, 5.74) is 0.472. The molecule has 4 aliphatic rings. The van der Waals surface area contributed by atoms with Crippen molar-refractivity contribution in [2.75, 3.05) is 0 Å². The molecule has 0 saturated heterocycles. The van der Waals surface area contributed by atoms with Crippen LogP contribution in [-0.4, -0.2) is 5.78 Å². The molecule has 0 heterocycles. The number of ketones is 1. The van der Waals surface area contributed by atoms with Gasteiger partial charge in [-0.15, -0.1) is 0 Å². The van der Waals surface area contributed by atoms with Crippen LogP contribution in [0.15, 0.2) is 0 Å². The molecule has 0 unspecified atom stereocenters. The van der Waals surface area contributed by atoms with Crippen LogP contribution in [0.2, 0.25) is 0 Å². The maximum Gasteiger partial charge on any atom is 0.133 e. The van der Waals surface area contributed by atoms with Crippen molar-refractivity contribution in [2.45, 2.75) is 71.1 Å². The van der Waals surface area contributed by atoms with Crippen LogP contribution in [0, 0.1) is 23.2 Å². The molecule has 4 aliphatic carbocycles. The number of hydrogen-bond acceptors (Lipinski definition) is 1. The van der Waals surface area contributed by atoms with E-state index in [0.717, 1.165) is 43.4 Å². The maximum absolute atomic E-state index is 12.1. The summed E-state index contributed by atoms with van der Waals surface area (Å²) < 4.78 is 0. The van der Waals surface area contributed by atoms with Crippen LogP contribution in [0.4, 0.5) is 0 Å². The van der Waals surface area contributed by atoms with Crippen molar-refractivity contribution in [3.63, 3.8) is 0 Å². The minimum Gasteiger partial charge on any atom is -0.300 e. The molecular formula is C16H26O. The van der Waals surface area contributed by atoms with E-state index in [1.54, 1.807) is 0 Å². The van der Waals surface area contributed by atoms with Crippen molar-refractivity contribution < 1.29 is 4.79 Å². The molecule has 0 aromatic carbocycles. The smallest absolute Gasteiger partial charge is 0.133 e. The quantitative estimate of drug-likeness (QED) is 0.691. The molecule has 0 radical (unpaired) electrons. The highest BCUT2D eigenvalue weighted by molar-refractivity contribution is 5.79. The minimum atomic E-state index is 0.472. The van der Waals surface area contributed by atoms with E-state index in [9.17, 15) is 4.79 Å². The molecule has 0 N–H and O–H groups in total. The maximum atomic E-state index is 12.1. The van der Waals surface area contributed by atoms with Crippen LogP contribution in [0.25, 0.3) is 0 Å². The van der Waals surface area contributed by atoms with Crippen LogP contribution in [0.5, 0.6) is 0 Å². The van der Waals surface area contributed by atoms with Gasteiger partial charge in [0.05, 0.1) is 0 Å². The number of rotatable bonds is 5. The zero-order chi connectivity index (χ0) is 11.9. The summed E-state index contributed by atoms with van der Waals surface area (Å²) in [6, 6.07) is 0. The number of unbranched alkanes of at least 4 members (excludes halogenated alkanes) is 1. The topological polar surface area (TPSA) is 17.1 Å². The lowest BCUT2D eigenvalue weighted by Gasteiger charge is -2.56. The van der Waals surface area contributed by atoms with Gasteiger partial charge in [0.15, 0.2) is 0 Å². The Morgan fingerprint density at radius 2 is 1.59 bits per heavy atom. The van der Waals surface area contributed by atoms with Crippen LogP contribution in [0.3, 0.4) is 0 Å². The third kappa shape index (κ3) is 2.30. The van der Waals surface area contributed by atoms with Crippen molar-refractivity contribution in [3.05, 3.63) is 0 Å². The monoisotopic (exact) mass is 234 g/mol. The molecule has 17 heavy (non-hydrogen) atoms. The summed E-state index contributed by atoms with van der Waals surface area (Å²) >= 11 is 0. The molecule has 4 bridgehead atoms. The summed E-state index contributed by atoms with van der Waals surface area (Å²) in [5, 5.41) is 0. The second kappa shape index (κ2) is 4.40. The third-order valence-corrected chi connectivity index (χ3v) is 5.55. The van der Waals surface area contributed by atoms with Crippen molar-refractivity contribution in [1.29, 1.82) is 0 Å². The lowest BCUT2D eigenvalue weighted by molar-refractivity contribution is -0.127. The molecule has 0 amide bonds. The van der Waals surface area contributed by atoms with E-state index in [2.05, 4.69) is 6.92 Å². The van der Waals surface area contributed by atoms with Gasteiger partial charge < -0.3 is 0 Å². The average molecular weight is 234 g/mol. The zero-order valence-electron chi connectivity index (χ0n) is 11.2. The van der Waals surface area contributed by atoms with Gasteiger partial charge >= 0.3 is 0 Å². The van der Waals surface area contributed by atoms with Gasteiger partial charge in [0.25, 0.3) is 0 Å². The number of carbonyl (C=O) groups is 1. The van der Waals surface area contributed by atoms with Gasteiger partial charge in [0, 0.05) is 12.8 Å². The van der Waals surface area contributed by atoms with E-state index in [-0.39, 0.29) is 0 Å². The van der Waals surface area contributed by atoms with Gasteiger partial charge in [0.1, 0.15) is 5.78 Å². The summed E-state index contributed by atoms with van der Waals surface area (Å²) in [6.45, 7) is 2.18. The van der Waals surface area contributed by atoms with Crippen molar-refractivity contribution in [1.82, 2.24) is 0 Å². The Hall–Kier alpha value is -0.330. The van der Waals surface area contributed by atoms with Crippen LogP contribution in [-0.2, 0) is 4.79 Å². The molecule has 0 spiro atoms. The fraction of sp³-hybridized carbons (Fsp3) is 0.938. The number of carbonyl (C=O) groups excluding carboxylic acids is 1. The first kappa shape index (κ1) is 11.7. The molecular weight excluding hydrogens is 208 g/mol. The van der Waals surface area contributed by atoms with Crippen LogP contribution >= 0.6 is 0 Å². The number of Topliss-reactive ketones (excluding diaryl/α,β-unsaturated/α-hetero) is 1. The predicted molar refractivity (Wildman–Crippen MR) is 69.8 cm³/mol. The lowest BCUT2D eigenvalue weighted by Crippen LogP contribution is -2.46. The lowest BCUT2D eigenvalue weighted by atomic mass is 9.48. The van der Waals surface area contributed by atoms with E-state index in [0.29, 0.717) is 11.2 Å². The second-order valence-electron chi connectivity index (χ2n) is 7.24. The zero-order valence-corrected chi connectivity index (χ0v) is 11.2. The second-order valence-corrected chi connectivity index (χ2v) is 7.24. The molecule has 96 valence electrons. The molecule has 0 atom stereocenters. The van der Waals surface area contributed by atoms with Gasteiger partial charge in [-0.2, -0.15) is 0 Å². The fourth-order valence-electron chi connectivity index (χ4n) is 5.39. The molecule has 0 aromatic rings. The molecule has 4 rings (SSSR count). The Labute approximate surface area is 105 Å². The van der Waals surface area contributed by atoms with E-state index in [1.165, 1.54) is 38.5 Å². The van der Waals surface area contributed by atoms with E-state index < -0.39 is 0 Å². The number of hydrogen-bond donors (Lipinski definition) is 0. The molecule has 1 nitrogen and oxygen atoms in total. The largest absolute Gasteiger partial charge is 0.300 e. The first-order chi connectivity index (χ1) is 8.19. The Kier molecular flexibility index (Phi) is 3.04. The minimum absolute atomic E-state index is 0.472. The van der Waals surface area contributed by atoms with Crippen LogP contribution in [0.1, 0.15) is 71.1 Å². The summed E-state index contributed by atoms with van der Waals surface area (Å²) in [5.74, 6) is 3.52. The van der Waals surface area contributed by atoms with E-state index in [1.807, 2.05) is 0 Å². The molecule has 1 heteroatoms. The van der Waals surface area contributed by atoms with Gasteiger partial charge in [-0.1, -0.05) is 13.3 Å². The third-order valence-electron chi connectivity index (χ3n) is 5.55. The predicted octanol–water partition coefficient (Wildman–Crippen LogP) is 4.35. The fourth-order valence-corrected chi connectivity index (χ4v) is 5.39. The summed E-state index contributed by atoms with van der Waals surface area (Å²) in [7, 11) is 0. The Morgan fingerprint density at radius 3 is 2.06 bits per heavy atom. The van der Waals surface area contributed by atoms with Crippen molar-refractivity contribution >= 4 is 5.78 Å². The first-order valence-electron chi connectivity index (χ1n) is 7.71. The van der Waals surface area contributed by atoms with Gasteiger partial charge in [-0.25, -0.2) is 0 Å². The van der Waals surface area contributed by atoms with E-state index >= 15 is 0 Å². The Balaban J connectivity index is 1.64. The Bertz CT molecular complexity index is 269. The average Bonchev–Trinajstić information content (AvgIpc) is 2.23. The summed E-state index contributed by atoms with van der Waals surface area (Å²) in [4.78, 5) is 12.1. The first-order valence-corrected chi connectivity index (χ1v) is 7.71. The van der Waals surface area contributed by atoms with Crippen LogP contribution < -0.4 is 0 Å². The normalized spacial score (nSPS) is 43.0. The van der Waals surface area contributed by atoms with Gasteiger partial charge in [-0.3, -0.25) is 4.79 Å². The SMILES string of the molecule is CCCCC(=O)CC12CC3CC(CC(C3)C1)C2.